The number of nitrogens with one attached hydrogen (secondary N) is 1. The van der Waals surface area contributed by atoms with Gasteiger partial charge in [-0.3, -0.25) is 4.79 Å². The Morgan fingerprint density at radius 2 is 1.89 bits per heavy atom. The monoisotopic (exact) mass is 445 g/mol. The summed E-state index contributed by atoms with van der Waals surface area (Å²) >= 11 is 5.18. The number of benzene rings is 2. The molecule has 1 N–H and O–H groups in total. The highest BCUT2D eigenvalue weighted by atomic mass is 79.9. The van der Waals surface area contributed by atoms with Crippen LogP contribution in [0.5, 0.6) is 0 Å². The Morgan fingerprint density at radius 1 is 1.19 bits per heavy atom. The van der Waals surface area contributed by atoms with Gasteiger partial charge in [0.05, 0.1) is 16.8 Å². The molecular formula is C21H24BrN3OS. The first-order chi connectivity index (χ1) is 12.9. The van der Waals surface area contributed by atoms with E-state index in [2.05, 4.69) is 52.2 Å². The van der Waals surface area contributed by atoms with Gasteiger partial charge in [-0.15, -0.1) is 0 Å². The SMILES string of the molecule is CSCc1nc2ccccc2n1CC(=O)NCC(C)(C)c1ccc(Br)cc1. The molecule has 0 saturated carbocycles. The van der Waals surface area contributed by atoms with Gasteiger partial charge in [0.15, 0.2) is 0 Å². The number of hydrogen-bond acceptors (Lipinski definition) is 3. The number of carbonyl (C=O) groups is 1. The third-order valence-corrected chi connectivity index (χ3v) is 5.74. The molecule has 142 valence electrons. The summed E-state index contributed by atoms with van der Waals surface area (Å²) in [4.78, 5) is 17.3. The number of imidazole rings is 1. The molecule has 0 atom stereocenters. The van der Waals surface area contributed by atoms with Gasteiger partial charge in [-0.1, -0.05) is 54.0 Å². The van der Waals surface area contributed by atoms with Crippen LogP contribution in [-0.2, 0) is 22.5 Å². The molecule has 4 nitrogen and oxygen atoms in total. The van der Waals surface area contributed by atoms with Crippen molar-refractivity contribution in [3.63, 3.8) is 0 Å². The van der Waals surface area contributed by atoms with Crippen LogP contribution >= 0.6 is 27.7 Å². The molecule has 1 aromatic heterocycles. The van der Waals surface area contributed by atoms with Crippen molar-refractivity contribution in [1.82, 2.24) is 14.9 Å². The maximum absolute atomic E-state index is 12.7. The molecule has 0 aliphatic carbocycles. The molecule has 0 saturated heterocycles. The average Bonchev–Trinajstić information content (AvgIpc) is 2.98. The van der Waals surface area contributed by atoms with E-state index in [0.29, 0.717) is 6.54 Å². The first-order valence-electron chi connectivity index (χ1n) is 8.86. The molecule has 3 rings (SSSR count). The van der Waals surface area contributed by atoms with Crippen molar-refractivity contribution in [2.24, 2.45) is 0 Å². The number of para-hydroxylation sites is 2. The van der Waals surface area contributed by atoms with Gasteiger partial charge in [-0.05, 0) is 36.1 Å². The minimum absolute atomic E-state index is 0.00527. The molecule has 3 aromatic rings. The van der Waals surface area contributed by atoms with Crippen LogP contribution in [0.2, 0.25) is 0 Å². The van der Waals surface area contributed by atoms with Crippen molar-refractivity contribution < 1.29 is 4.79 Å². The average molecular weight is 446 g/mol. The number of nitrogens with zero attached hydrogens (tertiary/aromatic N) is 2. The van der Waals surface area contributed by atoms with Crippen LogP contribution < -0.4 is 5.32 Å². The van der Waals surface area contributed by atoms with Crippen molar-refractivity contribution in [2.75, 3.05) is 12.8 Å². The minimum atomic E-state index is -0.143. The lowest BCUT2D eigenvalue weighted by molar-refractivity contribution is -0.121. The quantitative estimate of drug-likeness (QED) is 0.570. The van der Waals surface area contributed by atoms with Crippen molar-refractivity contribution in [1.29, 1.82) is 0 Å². The molecule has 1 amide bonds. The molecule has 0 bridgehead atoms. The summed E-state index contributed by atoms with van der Waals surface area (Å²) < 4.78 is 3.08. The number of thioether (sulfide) groups is 1. The molecule has 6 heteroatoms. The van der Waals surface area contributed by atoms with Gasteiger partial charge >= 0.3 is 0 Å². The van der Waals surface area contributed by atoms with E-state index in [4.69, 9.17) is 0 Å². The molecule has 0 spiro atoms. The van der Waals surface area contributed by atoms with E-state index in [1.54, 1.807) is 11.8 Å². The maximum atomic E-state index is 12.7. The molecule has 0 fully saturated rings. The molecule has 1 heterocycles. The van der Waals surface area contributed by atoms with E-state index >= 15 is 0 Å². The molecule has 27 heavy (non-hydrogen) atoms. The fraction of sp³-hybridized carbons (Fsp3) is 0.333. The van der Waals surface area contributed by atoms with Crippen LogP contribution in [-0.4, -0.2) is 28.3 Å². The third kappa shape index (κ3) is 4.74. The lowest BCUT2D eigenvalue weighted by Gasteiger charge is -2.26. The normalized spacial score (nSPS) is 11.7. The molecule has 0 aliphatic heterocycles. The first kappa shape index (κ1) is 20.0. The second-order valence-electron chi connectivity index (χ2n) is 7.20. The predicted octanol–water partition coefficient (Wildman–Crippen LogP) is 4.76. The zero-order chi connectivity index (χ0) is 19.4. The van der Waals surface area contributed by atoms with E-state index < -0.39 is 0 Å². The Hall–Kier alpha value is -1.79. The van der Waals surface area contributed by atoms with Crippen LogP contribution in [0.1, 0.15) is 25.2 Å². The highest BCUT2D eigenvalue weighted by Gasteiger charge is 2.22. The topological polar surface area (TPSA) is 46.9 Å². The number of amides is 1. The Labute approximate surface area is 172 Å². The standard InChI is InChI=1S/C21H24BrN3OS/c1-21(2,15-8-10-16(22)11-9-15)14-23-20(26)12-25-18-7-5-4-6-17(18)24-19(25)13-27-3/h4-11H,12-14H2,1-3H3,(H,23,26). The predicted molar refractivity (Wildman–Crippen MR) is 117 cm³/mol. The van der Waals surface area contributed by atoms with E-state index in [0.717, 1.165) is 27.1 Å². The summed E-state index contributed by atoms with van der Waals surface area (Å²) in [7, 11) is 0. The molecule has 0 aliphatic rings. The summed E-state index contributed by atoms with van der Waals surface area (Å²) in [6.45, 7) is 5.15. The van der Waals surface area contributed by atoms with Crippen molar-refractivity contribution in [3.05, 3.63) is 64.4 Å². The van der Waals surface area contributed by atoms with E-state index in [1.807, 2.05) is 47.2 Å². The summed E-state index contributed by atoms with van der Waals surface area (Å²) in [5, 5.41) is 3.10. The highest BCUT2D eigenvalue weighted by Crippen LogP contribution is 2.24. The van der Waals surface area contributed by atoms with Crippen LogP contribution in [0.4, 0.5) is 0 Å². The van der Waals surface area contributed by atoms with Crippen molar-refractivity contribution in [2.45, 2.75) is 31.6 Å². The highest BCUT2D eigenvalue weighted by molar-refractivity contribution is 9.10. The van der Waals surface area contributed by atoms with Crippen LogP contribution in [0.25, 0.3) is 11.0 Å². The zero-order valence-electron chi connectivity index (χ0n) is 15.8. The fourth-order valence-corrected chi connectivity index (χ4v) is 3.81. The fourth-order valence-electron chi connectivity index (χ4n) is 3.06. The Balaban J connectivity index is 1.71. The maximum Gasteiger partial charge on any atom is 0.240 e. The number of fused-ring (bicyclic) bond motifs is 1. The Kier molecular flexibility index (Phi) is 6.27. The molecule has 0 unspecified atom stereocenters. The zero-order valence-corrected chi connectivity index (χ0v) is 18.2. The summed E-state index contributed by atoms with van der Waals surface area (Å²) in [6, 6.07) is 16.2. The number of rotatable bonds is 7. The number of carbonyl (C=O) groups excluding carboxylic acids is 1. The van der Waals surface area contributed by atoms with Crippen LogP contribution in [0, 0.1) is 0 Å². The van der Waals surface area contributed by atoms with Crippen LogP contribution in [0.15, 0.2) is 53.0 Å². The number of aromatic nitrogens is 2. The number of halogens is 1. The van der Waals surface area contributed by atoms with Gasteiger partial charge in [0.2, 0.25) is 5.91 Å². The van der Waals surface area contributed by atoms with E-state index in [9.17, 15) is 4.79 Å². The van der Waals surface area contributed by atoms with Gasteiger partial charge in [0.1, 0.15) is 12.4 Å². The first-order valence-corrected chi connectivity index (χ1v) is 11.1. The van der Waals surface area contributed by atoms with Gasteiger partial charge in [0.25, 0.3) is 0 Å². The molecule has 2 aromatic carbocycles. The van der Waals surface area contributed by atoms with Gasteiger partial charge in [0, 0.05) is 16.4 Å². The number of hydrogen-bond donors (Lipinski definition) is 1. The van der Waals surface area contributed by atoms with Crippen LogP contribution in [0.3, 0.4) is 0 Å². The van der Waals surface area contributed by atoms with Crippen molar-refractivity contribution >= 4 is 44.6 Å². The smallest absolute Gasteiger partial charge is 0.240 e. The lowest BCUT2D eigenvalue weighted by Crippen LogP contribution is -2.38. The van der Waals surface area contributed by atoms with E-state index in [-0.39, 0.29) is 17.9 Å². The lowest BCUT2D eigenvalue weighted by atomic mass is 9.84. The Bertz CT molecular complexity index is 934. The Morgan fingerprint density at radius 3 is 2.59 bits per heavy atom. The summed E-state index contributed by atoms with van der Waals surface area (Å²) in [5.41, 5.74) is 2.99. The second kappa shape index (κ2) is 8.48. The molecular weight excluding hydrogens is 422 g/mol. The molecule has 0 radical (unpaired) electrons. The summed E-state index contributed by atoms with van der Waals surface area (Å²) in [5.74, 6) is 1.73. The van der Waals surface area contributed by atoms with Gasteiger partial charge < -0.3 is 9.88 Å². The third-order valence-electron chi connectivity index (χ3n) is 4.66. The van der Waals surface area contributed by atoms with Gasteiger partial charge in [-0.25, -0.2) is 4.98 Å². The van der Waals surface area contributed by atoms with E-state index in [1.165, 1.54) is 5.56 Å². The van der Waals surface area contributed by atoms with Gasteiger partial charge in [-0.2, -0.15) is 11.8 Å². The summed E-state index contributed by atoms with van der Waals surface area (Å²) in [6.07, 6.45) is 2.05. The minimum Gasteiger partial charge on any atom is -0.354 e. The largest absolute Gasteiger partial charge is 0.354 e. The van der Waals surface area contributed by atoms with Crippen molar-refractivity contribution in [3.8, 4) is 0 Å². The second-order valence-corrected chi connectivity index (χ2v) is 8.99.